The maximum atomic E-state index is 13.0. The molecule has 0 aliphatic carbocycles. The van der Waals surface area contributed by atoms with Gasteiger partial charge in [0.2, 0.25) is 0 Å². The van der Waals surface area contributed by atoms with Crippen LogP contribution in [0.3, 0.4) is 0 Å². The molecule has 0 aliphatic heterocycles. The van der Waals surface area contributed by atoms with Crippen LogP contribution in [-0.4, -0.2) is 38.0 Å². The normalized spacial score (nSPS) is 12.9. The number of ether oxygens (including phenoxy) is 1. The first-order valence-corrected chi connectivity index (χ1v) is 14.7. The Morgan fingerprint density at radius 2 is 1.42 bits per heavy atom. The van der Waals surface area contributed by atoms with Gasteiger partial charge in [0.1, 0.15) is 30.6 Å². The van der Waals surface area contributed by atoms with E-state index in [1.54, 1.807) is 25.1 Å². The predicted octanol–water partition coefficient (Wildman–Crippen LogP) is 3.84. The van der Waals surface area contributed by atoms with E-state index in [1.807, 2.05) is 0 Å². The predicted molar refractivity (Wildman–Crippen MR) is 163 cm³/mol. The third-order valence-corrected chi connectivity index (χ3v) is 9.61. The van der Waals surface area contributed by atoms with Crippen LogP contribution in [0.1, 0.15) is 41.1 Å². The van der Waals surface area contributed by atoms with E-state index in [1.165, 1.54) is 39.1 Å². The monoisotopic (exact) mass is 673 g/mol. The second-order valence-corrected chi connectivity index (χ2v) is 12.2. The molecule has 0 saturated heterocycles. The summed E-state index contributed by atoms with van der Waals surface area (Å²) in [4.78, 5) is 59.5. The topological polar surface area (TPSA) is 134 Å². The molecule has 0 saturated carbocycles. The zero-order valence-electron chi connectivity index (χ0n) is 23.1. The van der Waals surface area contributed by atoms with Crippen molar-refractivity contribution in [3.8, 4) is 0 Å². The first-order chi connectivity index (χ1) is 20.2. The molecule has 2 atom stereocenters. The lowest BCUT2D eigenvalue weighted by molar-refractivity contribution is 0.0641. The minimum atomic E-state index is -2.85. The maximum absolute atomic E-state index is 13.0. The number of alkyl halides is 2. The Balaban J connectivity index is 0.000000206. The van der Waals surface area contributed by atoms with E-state index < -0.39 is 52.4 Å². The van der Waals surface area contributed by atoms with Gasteiger partial charge in [-0.05, 0) is 19.1 Å². The molecule has 1 N–H and O–H groups in total. The Morgan fingerprint density at radius 3 is 1.84 bits per heavy atom. The van der Waals surface area contributed by atoms with Crippen LogP contribution in [0.25, 0.3) is 18.8 Å². The number of halogens is 4. The Labute approximate surface area is 258 Å². The number of carbonyl (C=O) groups is 1. The molecule has 0 fully saturated rings. The first-order valence-electron chi connectivity index (χ1n) is 12.3. The maximum Gasteiger partial charge on any atom is 0.282 e. The largest absolute Gasteiger partial charge is 0.375 e. The molecule has 1 aromatic carbocycles. The number of nitrogens with one attached hydrogen (secondary N) is 1. The summed E-state index contributed by atoms with van der Waals surface area (Å²) >= 11 is 13.9. The van der Waals surface area contributed by atoms with Crippen molar-refractivity contribution in [2.75, 3.05) is 7.11 Å². The van der Waals surface area contributed by atoms with Gasteiger partial charge in [0.25, 0.3) is 34.6 Å². The van der Waals surface area contributed by atoms with E-state index >= 15 is 0 Å². The number of benzene rings is 1. The smallest absolute Gasteiger partial charge is 0.282 e. The van der Waals surface area contributed by atoms with Crippen LogP contribution in [0.5, 0.6) is 0 Å². The molecule has 0 radical (unpaired) electrons. The van der Waals surface area contributed by atoms with Crippen molar-refractivity contribution in [2.24, 2.45) is 21.1 Å². The third-order valence-electron chi connectivity index (χ3n) is 6.46. The molecule has 11 nitrogen and oxygen atoms in total. The van der Waals surface area contributed by atoms with Crippen molar-refractivity contribution in [1.82, 2.24) is 24.2 Å². The zero-order chi connectivity index (χ0) is 31.9. The van der Waals surface area contributed by atoms with Crippen molar-refractivity contribution in [1.29, 1.82) is 0 Å². The summed E-state index contributed by atoms with van der Waals surface area (Å²) in [6.07, 6.45) is -2.18. The number of fused-ring (bicyclic) bond motifs is 2. The standard InChI is InChI=1S/C16H17Cl2F2N3O2.C10H6N2O4S2/c1-8(14(25-3)10-5-4-9(17)6-12(10)18)21-16(24)11-7-23(2)22-13(11)15(19)20;1-11-7(13)3-4(8(11)14)18-6-5(17-3)9(15)12(2)10(6)16/h4-8,14-15H,1-3H3,(H,21,24);1-2H3. The average Bonchev–Trinajstić information content (AvgIpc) is 3.53. The molecule has 4 heterocycles. The molecule has 43 heavy (non-hydrogen) atoms. The van der Waals surface area contributed by atoms with Gasteiger partial charge in [0.05, 0.1) is 11.6 Å². The molecule has 228 valence electrons. The molecule has 2 unspecified atom stereocenters. The van der Waals surface area contributed by atoms with E-state index in [9.17, 15) is 32.8 Å². The van der Waals surface area contributed by atoms with E-state index in [0.29, 0.717) is 15.6 Å². The van der Waals surface area contributed by atoms with E-state index in [-0.39, 0.29) is 24.4 Å². The van der Waals surface area contributed by atoms with Gasteiger partial charge in [0.15, 0.2) is 0 Å². The number of amides is 1. The highest BCUT2D eigenvalue weighted by Crippen LogP contribution is 2.31. The number of nitrogens with zero attached hydrogens (tertiary/aromatic N) is 4. The van der Waals surface area contributed by atoms with E-state index in [2.05, 4.69) is 10.4 Å². The summed E-state index contributed by atoms with van der Waals surface area (Å²) in [5, 5.41) is 7.13. The summed E-state index contributed by atoms with van der Waals surface area (Å²) in [6, 6.07) is 4.37. The van der Waals surface area contributed by atoms with Crippen molar-refractivity contribution < 1.29 is 18.3 Å². The van der Waals surface area contributed by atoms with Gasteiger partial charge in [0, 0.05) is 50.1 Å². The minimum Gasteiger partial charge on any atom is -0.375 e. The number of methoxy groups -OCH3 is 1. The SMILES string of the molecule is COC(c1ccc(Cl)cc1Cl)C(C)NC(=O)c1cn(C)nc1C(F)F.Cn1c(=O)c2sc3c(=O)n(C)c(=O)c3sc2c1=O. The summed E-state index contributed by atoms with van der Waals surface area (Å²) in [5.74, 6) is -0.664. The molecular formula is C26H23Cl2F2N5O6S2. The average molecular weight is 675 g/mol. The molecule has 0 spiro atoms. The lowest BCUT2D eigenvalue weighted by Crippen LogP contribution is -2.38. The lowest BCUT2D eigenvalue weighted by Gasteiger charge is -2.25. The highest BCUT2D eigenvalue weighted by molar-refractivity contribution is 7.36. The van der Waals surface area contributed by atoms with Crippen LogP contribution in [0.4, 0.5) is 8.78 Å². The van der Waals surface area contributed by atoms with E-state index in [4.69, 9.17) is 27.9 Å². The van der Waals surface area contributed by atoms with Gasteiger partial charge in [-0.3, -0.25) is 37.8 Å². The lowest BCUT2D eigenvalue weighted by atomic mass is 10.0. The van der Waals surface area contributed by atoms with Crippen LogP contribution in [0.2, 0.25) is 10.0 Å². The minimum absolute atomic E-state index is 0.179. The third kappa shape index (κ3) is 6.13. The second kappa shape index (κ2) is 12.6. The molecular weight excluding hydrogens is 651 g/mol. The number of hydrogen-bond acceptors (Lipinski definition) is 9. The Kier molecular flexibility index (Phi) is 9.51. The van der Waals surface area contributed by atoms with Gasteiger partial charge in [-0.15, -0.1) is 22.7 Å². The summed E-state index contributed by atoms with van der Waals surface area (Å²) < 4.78 is 35.6. The Bertz CT molecular complexity index is 1930. The van der Waals surface area contributed by atoms with Crippen LogP contribution in [-0.2, 0) is 25.9 Å². The van der Waals surface area contributed by atoms with Gasteiger partial charge in [-0.25, -0.2) is 8.78 Å². The highest BCUT2D eigenvalue weighted by Gasteiger charge is 2.27. The fourth-order valence-corrected chi connectivity index (χ4v) is 7.32. The highest BCUT2D eigenvalue weighted by atomic mass is 35.5. The first kappa shape index (κ1) is 32.4. The van der Waals surface area contributed by atoms with E-state index in [0.717, 1.165) is 31.8 Å². The number of hydrogen-bond donors (Lipinski definition) is 1. The van der Waals surface area contributed by atoms with Crippen LogP contribution >= 0.6 is 45.9 Å². The second-order valence-electron chi connectivity index (χ2n) is 9.35. The number of carbonyl (C=O) groups excluding carboxylic acids is 1. The van der Waals surface area contributed by atoms with Gasteiger partial charge in [-0.1, -0.05) is 29.3 Å². The quantitative estimate of drug-likeness (QED) is 0.289. The van der Waals surface area contributed by atoms with Crippen LogP contribution < -0.4 is 27.6 Å². The van der Waals surface area contributed by atoms with Crippen molar-refractivity contribution in [2.45, 2.75) is 25.5 Å². The molecule has 5 aromatic rings. The number of aromatic nitrogens is 4. The van der Waals surface area contributed by atoms with Gasteiger partial charge in [-0.2, -0.15) is 5.10 Å². The van der Waals surface area contributed by atoms with Gasteiger partial charge < -0.3 is 10.1 Å². The zero-order valence-corrected chi connectivity index (χ0v) is 26.3. The van der Waals surface area contributed by atoms with Crippen LogP contribution in [0.15, 0.2) is 43.6 Å². The molecule has 4 aromatic heterocycles. The fraction of sp³-hybridized carbons (Fsp3) is 0.308. The molecule has 0 aliphatic rings. The molecule has 5 rings (SSSR count). The fourth-order valence-electron chi connectivity index (χ4n) is 4.28. The summed E-state index contributed by atoms with van der Waals surface area (Å²) in [5.41, 5.74) is -1.81. The molecule has 0 bridgehead atoms. The van der Waals surface area contributed by atoms with Gasteiger partial charge >= 0.3 is 0 Å². The molecule has 17 heteroatoms. The number of aryl methyl sites for hydroxylation is 1. The summed E-state index contributed by atoms with van der Waals surface area (Å²) in [6.45, 7) is 1.69. The van der Waals surface area contributed by atoms with Crippen molar-refractivity contribution in [3.63, 3.8) is 0 Å². The number of rotatable bonds is 6. The summed E-state index contributed by atoms with van der Waals surface area (Å²) in [7, 11) is 5.69. The molecule has 1 amide bonds. The Morgan fingerprint density at radius 1 is 0.930 bits per heavy atom. The Hall–Kier alpha value is -3.50. The van der Waals surface area contributed by atoms with Crippen molar-refractivity contribution in [3.05, 3.63) is 92.7 Å². The van der Waals surface area contributed by atoms with Crippen molar-refractivity contribution >= 4 is 70.6 Å². The van der Waals surface area contributed by atoms with Crippen LogP contribution in [0, 0.1) is 0 Å².